The zero-order valence-corrected chi connectivity index (χ0v) is 29.2. The maximum atomic E-state index is 2.49. The van der Waals surface area contributed by atoms with Crippen LogP contribution < -0.4 is 0 Å². The first-order valence-corrected chi connectivity index (χ1v) is 17.0. The molecule has 0 radical (unpaired) electrons. The second kappa shape index (κ2) is 11.2. The van der Waals surface area contributed by atoms with Gasteiger partial charge < -0.3 is 0 Å². The Morgan fingerprint density at radius 2 is 0.851 bits per heavy atom. The van der Waals surface area contributed by atoms with Crippen LogP contribution in [0.15, 0.2) is 133 Å². The van der Waals surface area contributed by atoms with Crippen molar-refractivity contribution in [3.63, 3.8) is 0 Å². The fourth-order valence-corrected chi connectivity index (χ4v) is 7.37. The Hall–Kier alpha value is -4.68. The van der Waals surface area contributed by atoms with E-state index in [4.69, 9.17) is 0 Å². The number of benzene rings is 6. The molecule has 0 N–H and O–H groups in total. The molecule has 0 nitrogen and oxygen atoms in total. The molecule has 0 aromatic heterocycles. The van der Waals surface area contributed by atoms with Crippen molar-refractivity contribution in [3.8, 4) is 55.6 Å². The van der Waals surface area contributed by atoms with Gasteiger partial charge in [0.2, 0.25) is 0 Å². The monoisotopic (exact) mass is 610 g/mol. The van der Waals surface area contributed by atoms with Crippen molar-refractivity contribution in [1.29, 1.82) is 0 Å². The van der Waals surface area contributed by atoms with E-state index in [-0.39, 0.29) is 16.2 Å². The topological polar surface area (TPSA) is 0 Å². The highest BCUT2D eigenvalue weighted by Gasteiger charge is 2.39. The van der Waals surface area contributed by atoms with Crippen LogP contribution in [0.2, 0.25) is 0 Å². The van der Waals surface area contributed by atoms with E-state index >= 15 is 0 Å². The first-order valence-electron chi connectivity index (χ1n) is 17.0. The fraction of sp³-hybridized carbons (Fsp3) is 0.234. The second-order valence-corrected chi connectivity index (χ2v) is 15.9. The third-order valence-corrected chi connectivity index (χ3v) is 10.2. The molecule has 1 aliphatic rings. The molecule has 0 aliphatic heterocycles. The number of hydrogen-bond donors (Lipinski definition) is 0. The minimum atomic E-state index is -0.0823. The van der Waals surface area contributed by atoms with Gasteiger partial charge in [0.15, 0.2) is 0 Å². The average Bonchev–Trinajstić information content (AvgIpc) is 3.30. The summed E-state index contributed by atoms with van der Waals surface area (Å²) in [7, 11) is 0. The van der Waals surface area contributed by atoms with E-state index in [1.54, 1.807) is 0 Å². The van der Waals surface area contributed by atoms with Crippen LogP contribution in [0.5, 0.6) is 0 Å². The summed E-state index contributed by atoms with van der Waals surface area (Å²) in [6.45, 7) is 18.8. The molecule has 1 aliphatic carbocycles. The molecule has 234 valence electrons. The molecule has 0 unspecified atom stereocenters. The van der Waals surface area contributed by atoms with E-state index in [1.807, 2.05) is 0 Å². The summed E-state index contributed by atoms with van der Waals surface area (Å²) in [5.74, 6) is 0. The summed E-state index contributed by atoms with van der Waals surface area (Å²) in [4.78, 5) is 0. The van der Waals surface area contributed by atoms with Gasteiger partial charge in [-0.2, -0.15) is 0 Å². The normalized spacial score (nSPS) is 13.7. The van der Waals surface area contributed by atoms with E-state index in [2.05, 4.69) is 189 Å². The zero-order valence-electron chi connectivity index (χ0n) is 29.2. The molecular formula is C47H46. The van der Waals surface area contributed by atoms with Crippen LogP contribution in [0.25, 0.3) is 55.6 Å². The Kier molecular flexibility index (Phi) is 7.40. The molecule has 0 spiro atoms. The van der Waals surface area contributed by atoms with E-state index in [9.17, 15) is 0 Å². The molecule has 6 aromatic rings. The van der Waals surface area contributed by atoms with Crippen LogP contribution in [-0.2, 0) is 16.2 Å². The van der Waals surface area contributed by atoms with Crippen molar-refractivity contribution >= 4 is 0 Å². The smallest absolute Gasteiger partial charge is 0.0159 e. The molecule has 0 saturated carbocycles. The highest BCUT2D eigenvalue weighted by Crippen LogP contribution is 2.54. The summed E-state index contributed by atoms with van der Waals surface area (Å²) < 4.78 is 0. The first kappa shape index (κ1) is 30.9. The molecule has 47 heavy (non-hydrogen) atoms. The Balaban J connectivity index is 1.43. The molecule has 0 fully saturated rings. The maximum absolute atomic E-state index is 2.49. The zero-order chi connectivity index (χ0) is 33.1. The molecule has 0 heterocycles. The van der Waals surface area contributed by atoms with Crippen LogP contribution in [-0.4, -0.2) is 0 Å². The third-order valence-electron chi connectivity index (χ3n) is 10.2. The highest BCUT2D eigenvalue weighted by molar-refractivity contribution is 5.97. The second-order valence-electron chi connectivity index (χ2n) is 15.9. The Bertz CT molecular complexity index is 2020. The molecule has 6 aromatic carbocycles. The van der Waals surface area contributed by atoms with Gasteiger partial charge in [-0.15, -0.1) is 0 Å². The van der Waals surface area contributed by atoms with E-state index in [1.165, 1.54) is 77.9 Å². The summed E-state index contributed by atoms with van der Waals surface area (Å²) in [5.41, 5.74) is 18.5. The van der Waals surface area contributed by atoms with Crippen LogP contribution in [0.1, 0.15) is 77.6 Å². The average molecular weight is 611 g/mol. The molecule has 0 atom stereocenters. The first-order chi connectivity index (χ1) is 22.3. The van der Waals surface area contributed by atoms with Crippen LogP contribution in [0.3, 0.4) is 0 Å². The van der Waals surface area contributed by atoms with Gasteiger partial charge in [0.05, 0.1) is 0 Å². The lowest BCUT2D eigenvalue weighted by molar-refractivity contribution is 0.580. The SMILES string of the molecule is CC(C)(C)c1ccc2c(c1)C(C)(C)c1cc(C(C)(C)C)cc(-c3ccc(-c4c(-c5ccccc5)cccc4-c4ccccc4)cc3)c1-2. The van der Waals surface area contributed by atoms with Crippen LogP contribution in [0.4, 0.5) is 0 Å². The molecule has 7 rings (SSSR count). The van der Waals surface area contributed by atoms with Crippen molar-refractivity contribution in [1.82, 2.24) is 0 Å². The summed E-state index contributed by atoms with van der Waals surface area (Å²) >= 11 is 0. The largest absolute Gasteiger partial charge is 0.0622 e. The summed E-state index contributed by atoms with van der Waals surface area (Å²) in [6.07, 6.45) is 0. The van der Waals surface area contributed by atoms with Crippen molar-refractivity contribution < 1.29 is 0 Å². The standard InChI is InChI=1S/C47H46/c1-45(2,3)35-26-27-39-41(29-35)47(7,8)42-30-36(46(4,5)6)28-40(44(39)42)33-22-24-34(25-23-33)43-37(31-16-11-9-12-17-31)20-15-21-38(43)32-18-13-10-14-19-32/h9-30H,1-8H3. The molecular weight excluding hydrogens is 565 g/mol. The van der Waals surface area contributed by atoms with Gasteiger partial charge >= 0.3 is 0 Å². The van der Waals surface area contributed by atoms with Crippen molar-refractivity contribution in [3.05, 3.63) is 156 Å². The van der Waals surface area contributed by atoms with E-state index in [0.29, 0.717) is 0 Å². The van der Waals surface area contributed by atoms with E-state index < -0.39 is 0 Å². The van der Waals surface area contributed by atoms with Gasteiger partial charge in [-0.3, -0.25) is 0 Å². The predicted octanol–water partition coefficient (Wildman–Crippen LogP) is 13.3. The van der Waals surface area contributed by atoms with Gasteiger partial charge in [-0.1, -0.05) is 183 Å². The predicted molar refractivity (Wildman–Crippen MR) is 203 cm³/mol. The Labute approximate surface area is 282 Å². The molecule has 0 bridgehead atoms. The quantitative estimate of drug-likeness (QED) is 0.186. The highest BCUT2D eigenvalue weighted by atomic mass is 14.4. The Morgan fingerprint density at radius 1 is 0.362 bits per heavy atom. The lowest BCUT2D eigenvalue weighted by atomic mass is 9.76. The lowest BCUT2D eigenvalue weighted by Crippen LogP contribution is -2.19. The van der Waals surface area contributed by atoms with Crippen LogP contribution >= 0.6 is 0 Å². The number of rotatable bonds is 4. The minimum Gasteiger partial charge on any atom is -0.0622 e. The Morgan fingerprint density at radius 3 is 1.38 bits per heavy atom. The van der Waals surface area contributed by atoms with Gasteiger partial charge in [-0.05, 0) is 94.8 Å². The van der Waals surface area contributed by atoms with Gasteiger partial charge in [0, 0.05) is 5.41 Å². The summed E-state index contributed by atoms with van der Waals surface area (Å²) in [6, 6.07) is 49.8. The van der Waals surface area contributed by atoms with Gasteiger partial charge in [0.1, 0.15) is 0 Å². The van der Waals surface area contributed by atoms with Crippen molar-refractivity contribution in [2.45, 2.75) is 71.6 Å². The third kappa shape index (κ3) is 5.44. The fourth-order valence-electron chi connectivity index (χ4n) is 7.37. The summed E-state index contributed by atoms with van der Waals surface area (Å²) in [5, 5.41) is 0. The van der Waals surface area contributed by atoms with E-state index in [0.717, 1.165) is 0 Å². The lowest BCUT2D eigenvalue weighted by Gasteiger charge is -2.27. The molecule has 0 saturated heterocycles. The van der Waals surface area contributed by atoms with Crippen molar-refractivity contribution in [2.24, 2.45) is 0 Å². The van der Waals surface area contributed by atoms with Crippen LogP contribution in [0, 0.1) is 0 Å². The van der Waals surface area contributed by atoms with Crippen molar-refractivity contribution in [2.75, 3.05) is 0 Å². The number of hydrogen-bond acceptors (Lipinski definition) is 0. The molecule has 0 heteroatoms. The molecule has 0 amide bonds. The van der Waals surface area contributed by atoms with Gasteiger partial charge in [-0.25, -0.2) is 0 Å². The minimum absolute atomic E-state index is 0.0321. The maximum Gasteiger partial charge on any atom is 0.0159 e. The number of fused-ring (bicyclic) bond motifs is 3. The van der Waals surface area contributed by atoms with Gasteiger partial charge in [0.25, 0.3) is 0 Å².